The number of aromatic nitrogens is 1. The van der Waals surface area contributed by atoms with E-state index in [0.29, 0.717) is 6.29 Å². The molecule has 0 aliphatic rings. The minimum absolute atomic E-state index is 0.00895. The first-order valence-corrected chi connectivity index (χ1v) is 6.42. The van der Waals surface area contributed by atoms with Gasteiger partial charge in [-0.1, -0.05) is 0 Å². The highest BCUT2D eigenvalue weighted by molar-refractivity contribution is 7.11. The van der Waals surface area contributed by atoms with Crippen LogP contribution in [0, 0.1) is 6.92 Å². The smallest absolute Gasteiger partial charge is 0.419 e. The minimum atomic E-state index is -4.57. The predicted molar refractivity (Wildman–Crippen MR) is 68.0 cm³/mol. The maximum atomic E-state index is 12.9. The quantitative estimate of drug-likeness (QED) is 0.805. The molecule has 0 radical (unpaired) electrons. The topological polar surface area (TPSA) is 39.2 Å². The molecule has 0 bridgehead atoms. The van der Waals surface area contributed by atoms with Gasteiger partial charge in [-0.15, -0.1) is 11.3 Å². The summed E-state index contributed by atoms with van der Waals surface area (Å²) in [5.74, 6) is -0.297. The van der Waals surface area contributed by atoms with Gasteiger partial charge in [-0.2, -0.15) is 13.2 Å². The van der Waals surface area contributed by atoms with E-state index in [-0.39, 0.29) is 17.9 Å². The van der Waals surface area contributed by atoms with Crippen molar-refractivity contribution in [2.45, 2.75) is 19.7 Å². The average Bonchev–Trinajstić information content (AvgIpc) is 2.81. The number of carbonyl (C=O) groups excluding carboxylic acids is 1. The molecule has 1 aromatic carbocycles. The van der Waals surface area contributed by atoms with E-state index in [2.05, 4.69) is 4.98 Å². The molecular formula is C13H10F3NO2S. The summed E-state index contributed by atoms with van der Waals surface area (Å²) < 4.78 is 43.9. The lowest BCUT2D eigenvalue weighted by Gasteiger charge is -2.13. The van der Waals surface area contributed by atoms with Gasteiger partial charge in [-0.25, -0.2) is 4.98 Å². The maximum absolute atomic E-state index is 12.9. The van der Waals surface area contributed by atoms with Crippen LogP contribution >= 0.6 is 11.3 Å². The zero-order valence-electron chi connectivity index (χ0n) is 10.4. The Kier molecular flexibility index (Phi) is 4.08. The predicted octanol–water partition coefficient (Wildman–Crippen LogP) is 3.86. The van der Waals surface area contributed by atoms with Crippen molar-refractivity contribution >= 4 is 17.6 Å². The molecule has 0 aliphatic heterocycles. The van der Waals surface area contributed by atoms with Crippen LogP contribution in [0.3, 0.4) is 0 Å². The molecule has 0 aliphatic carbocycles. The van der Waals surface area contributed by atoms with Crippen LogP contribution < -0.4 is 4.74 Å². The third kappa shape index (κ3) is 3.36. The zero-order chi connectivity index (χ0) is 14.8. The van der Waals surface area contributed by atoms with Crippen LogP contribution in [0.25, 0.3) is 0 Å². The molecule has 3 nitrogen and oxygen atoms in total. The monoisotopic (exact) mass is 301 g/mol. The SMILES string of the molecule is Cc1ncc(COc2ccc(C=O)cc2C(F)(F)F)s1. The van der Waals surface area contributed by atoms with E-state index in [1.807, 2.05) is 0 Å². The van der Waals surface area contributed by atoms with Gasteiger partial charge in [-0.3, -0.25) is 4.79 Å². The lowest BCUT2D eigenvalue weighted by molar-refractivity contribution is -0.139. The normalized spacial score (nSPS) is 11.4. The van der Waals surface area contributed by atoms with Gasteiger partial charge in [0.2, 0.25) is 0 Å². The lowest BCUT2D eigenvalue weighted by atomic mass is 10.1. The molecular weight excluding hydrogens is 291 g/mol. The van der Waals surface area contributed by atoms with Crippen molar-refractivity contribution in [2.75, 3.05) is 0 Å². The van der Waals surface area contributed by atoms with Crippen molar-refractivity contribution in [3.63, 3.8) is 0 Å². The minimum Gasteiger partial charge on any atom is -0.487 e. The molecule has 2 aromatic rings. The number of alkyl halides is 3. The highest BCUT2D eigenvalue weighted by Crippen LogP contribution is 2.37. The van der Waals surface area contributed by atoms with Gasteiger partial charge in [-0.05, 0) is 25.1 Å². The molecule has 0 unspecified atom stereocenters. The molecule has 1 heterocycles. The standard InChI is InChI=1S/C13H10F3NO2S/c1-8-17-5-10(20-8)7-19-12-3-2-9(6-18)4-11(12)13(14,15)16/h2-6H,7H2,1H3. The number of thiazole rings is 1. The third-order valence-corrected chi connectivity index (χ3v) is 3.37. The number of hydrogen-bond donors (Lipinski definition) is 0. The van der Waals surface area contributed by atoms with Crippen LogP contribution in [0.4, 0.5) is 13.2 Å². The Bertz CT molecular complexity index is 622. The molecule has 1 aromatic heterocycles. The molecule has 0 N–H and O–H groups in total. The number of nitrogens with zero attached hydrogens (tertiary/aromatic N) is 1. The number of aldehydes is 1. The summed E-state index contributed by atoms with van der Waals surface area (Å²) in [5.41, 5.74) is -0.998. The second kappa shape index (κ2) is 5.62. The van der Waals surface area contributed by atoms with Crippen molar-refractivity contribution in [2.24, 2.45) is 0 Å². The average molecular weight is 301 g/mol. The largest absolute Gasteiger partial charge is 0.487 e. The Morgan fingerprint density at radius 3 is 2.70 bits per heavy atom. The first-order valence-electron chi connectivity index (χ1n) is 5.60. The lowest BCUT2D eigenvalue weighted by Crippen LogP contribution is -2.09. The van der Waals surface area contributed by atoms with Crippen molar-refractivity contribution in [1.82, 2.24) is 4.98 Å². The second-order valence-electron chi connectivity index (χ2n) is 4.01. The fourth-order valence-corrected chi connectivity index (χ4v) is 2.30. The van der Waals surface area contributed by atoms with E-state index in [0.717, 1.165) is 22.0 Å². The summed E-state index contributed by atoms with van der Waals surface area (Å²) in [7, 11) is 0. The molecule has 2 rings (SSSR count). The van der Waals surface area contributed by atoms with Crippen molar-refractivity contribution in [3.8, 4) is 5.75 Å². The van der Waals surface area contributed by atoms with E-state index in [9.17, 15) is 18.0 Å². The molecule has 7 heteroatoms. The summed E-state index contributed by atoms with van der Waals surface area (Å²) in [5, 5.41) is 0.816. The summed E-state index contributed by atoms with van der Waals surface area (Å²) in [6, 6.07) is 3.22. The summed E-state index contributed by atoms with van der Waals surface area (Å²) in [6.07, 6.45) is -2.64. The Balaban J connectivity index is 2.24. The fourth-order valence-electron chi connectivity index (χ4n) is 1.59. The Hall–Kier alpha value is -1.89. The van der Waals surface area contributed by atoms with Crippen molar-refractivity contribution < 1.29 is 22.7 Å². The first-order chi connectivity index (χ1) is 9.40. The van der Waals surface area contributed by atoms with E-state index in [1.54, 1.807) is 13.1 Å². The maximum Gasteiger partial charge on any atom is 0.419 e. The van der Waals surface area contributed by atoms with Crippen molar-refractivity contribution in [1.29, 1.82) is 0 Å². The highest BCUT2D eigenvalue weighted by Gasteiger charge is 2.34. The van der Waals surface area contributed by atoms with E-state index in [1.165, 1.54) is 17.4 Å². The number of hydrogen-bond acceptors (Lipinski definition) is 4. The van der Waals surface area contributed by atoms with Crippen LogP contribution in [0.15, 0.2) is 24.4 Å². The molecule has 0 spiro atoms. The number of benzene rings is 1. The van der Waals surface area contributed by atoms with Gasteiger partial charge >= 0.3 is 6.18 Å². The van der Waals surface area contributed by atoms with Crippen LogP contribution in [-0.2, 0) is 12.8 Å². The van der Waals surface area contributed by atoms with E-state index >= 15 is 0 Å². The number of aryl methyl sites for hydroxylation is 1. The van der Waals surface area contributed by atoms with Crippen LogP contribution in [0.1, 0.15) is 25.8 Å². The van der Waals surface area contributed by atoms with E-state index < -0.39 is 11.7 Å². The van der Waals surface area contributed by atoms with Crippen molar-refractivity contribution in [3.05, 3.63) is 45.4 Å². The number of ether oxygens (including phenoxy) is 1. The number of halogens is 3. The molecule has 0 saturated carbocycles. The number of rotatable bonds is 4. The Morgan fingerprint density at radius 2 is 2.15 bits per heavy atom. The summed E-state index contributed by atoms with van der Waals surface area (Å²) in [6.45, 7) is 1.81. The molecule has 106 valence electrons. The summed E-state index contributed by atoms with van der Waals surface area (Å²) in [4.78, 5) is 15.3. The van der Waals surface area contributed by atoms with Gasteiger partial charge in [0.25, 0.3) is 0 Å². The first kappa shape index (κ1) is 14.5. The van der Waals surface area contributed by atoms with Gasteiger partial charge in [0, 0.05) is 11.8 Å². The second-order valence-corrected chi connectivity index (χ2v) is 5.32. The van der Waals surface area contributed by atoms with Crippen LogP contribution in [-0.4, -0.2) is 11.3 Å². The highest BCUT2D eigenvalue weighted by atomic mass is 32.1. The van der Waals surface area contributed by atoms with Crippen LogP contribution in [0.2, 0.25) is 0 Å². The van der Waals surface area contributed by atoms with Gasteiger partial charge in [0.05, 0.1) is 15.4 Å². The molecule has 0 amide bonds. The van der Waals surface area contributed by atoms with Crippen LogP contribution in [0.5, 0.6) is 5.75 Å². The third-order valence-electron chi connectivity index (χ3n) is 2.48. The Morgan fingerprint density at radius 1 is 1.40 bits per heavy atom. The Labute approximate surface area is 117 Å². The van der Waals surface area contributed by atoms with Gasteiger partial charge < -0.3 is 4.74 Å². The summed E-state index contributed by atoms with van der Waals surface area (Å²) >= 11 is 1.35. The molecule has 0 atom stereocenters. The molecule has 0 fully saturated rings. The van der Waals surface area contributed by atoms with E-state index in [4.69, 9.17) is 4.74 Å². The molecule has 20 heavy (non-hydrogen) atoms. The number of carbonyl (C=O) groups is 1. The van der Waals surface area contributed by atoms with Gasteiger partial charge in [0.15, 0.2) is 0 Å². The fraction of sp³-hybridized carbons (Fsp3) is 0.231. The van der Waals surface area contributed by atoms with Gasteiger partial charge in [0.1, 0.15) is 18.6 Å². The zero-order valence-corrected chi connectivity index (χ0v) is 11.2. The molecule has 0 saturated heterocycles.